The average molecular weight is 416 g/mol. The van der Waals surface area contributed by atoms with Gasteiger partial charge in [0.1, 0.15) is 18.1 Å². The van der Waals surface area contributed by atoms with Crippen LogP contribution in [-0.4, -0.2) is 86.6 Å². The standard InChI is InChI=1S/C16H24N4O9/c1-7(17)13(25)18-8(5-11(21)22)15(27)20-4-2-3-10(20)14(26)19-9(16(28)29)6-12(23)24/h7-10H,2-6,17H2,1H3,(H,18,25)(H,19,26)(H,21,22)(H,23,24)(H,28,29). The van der Waals surface area contributed by atoms with Crippen molar-refractivity contribution >= 4 is 35.6 Å². The van der Waals surface area contributed by atoms with Crippen molar-refractivity contribution in [2.45, 2.75) is 56.8 Å². The smallest absolute Gasteiger partial charge is 0.326 e. The zero-order valence-corrected chi connectivity index (χ0v) is 15.7. The number of nitrogens with one attached hydrogen (secondary N) is 2. The number of nitrogens with zero attached hydrogens (tertiary/aromatic N) is 1. The van der Waals surface area contributed by atoms with Crippen molar-refractivity contribution in [3.05, 3.63) is 0 Å². The van der Waals surface area contributed by atoms with Crippen LogP contribution in [0, 0.1) is 0 Å². The highest BCUT2D eigenvalue weighted by Gasteiger charge is 2.39. The van der Waals surface area contributed by atoms with Crippen molar-refractivity contribution in [3.8, 4) is 0 Å². The minimum absolute atomic E-state index is 0.0811. The van der Waals surface area contributed by atoms with Gasteiger partial charge in [-0.2, -0.15) is 0 Å². The second-order valence-electron chi connectivity index (χ2n) is 6.63. The van der Waals surface area contributed by atoms with Crippen molar-refractivity contribution in [1.29, 1.82) is 0 Å². The Morgan fingerprint density at radius 3 is 2.03 bits per heavy atom. The highest BCUT2D eigenvalue weighted by Crippen LogP contribution is 2.20. The molecule has 13 heteroatoms. The predicted octanol–water partition coefficient (Wildman–Crippen LogP) is -2.67. The summed E-state index contributed by atoms with van der Waals surface area (Å²) in [6.07, 6.45) is -1.05. The number of aliphatic carboxylic acids is 3. The molecule has 1 fully saturated rings. The molecule has 1 saturated heterocycles. The first-order valence-corrected chi connectivity index (χ1v) is 8.77. The van der Waals surface area contributed by atoms with E-state index in [1.807, 2.05) is 0 Å². The molecule has 0 aromatic rings. The predicted molar refractivity (Wildman–Crippen MR) is 94.4 cm³/mol. The molecule has 0 aromatic carbocycles. The molecule has 0 saturated carbocycles. The lowest BCUT2D eigenvalue weighted by atomic mass is 10.1. The molecule has 3 amide bonds. The maximum Gasteiger partial charge on any atom is 0.326 e. The molecule has 0 aromatic heterocycles. The SMILES string of the molecule is CC(N)C(=O)NC(CC(=O)O)C(=O)N1CCCC1C(=O)NC(CC(=O)O)C(=O)O. The number of likely N-dealkylation sites (tertiary alicyclic amines) is 1. The summed E-state index contributed by atoms with van der Waals surface area (Å²) in [7, 11) is 0. The van der Waals surface area contributed by atoms with Crippen LogP contribution < -0.4 is 16.4 Å². The van der Waals surface area contributed by atoms with E-state index in [4.69, 9.17) is 21.1 Å². The van der Waals surface area contributed by atoms with E-state index in [9.17, 15) is 28.8 Å². The molecule has 1 aliphatic rings. The van der Waals surface area contributed by atoms with Gasteiger partial charge in [0.15, 0.2) is 0 Å². The minimum Gasteiger partial charge on any atom is -0.481 e. The van der Waals surface area contributed by atoms with E-state index in [1.54, 1.807) is 0 Å². The van der Waals surface area contributed by atoms with Gasteiger partial charge in [-0.25, -0.2) is 4.79 Å². The Balaban J connectivity index is 2.95. The van der Waals surface area contributed by atoms with Crippen LogP contribution in [0.4, 0.5) is 0 Å². The van der Waals surface area contributed by atoms with Gasteiger partial charge in [-0.3, -0.25) is 24.0 Å². The Labute approximate surface area is 165 Å². The number of hydrogen-bond donors (Lipinski definition) is 6. The third-order valence-corrected chi connectivity index (χ3v) is 4.24. The van der Waals surface area contributed by atoms with Gasteiger partial charge in [0.25, 0.3) is 0 Å². The van der Waals surface area contributed by atoms with E-state index < -0.39 is 72.6 Å². The molecule has 162 valence electrons. The van der Waals surface area contributed by atoms with Crippen molar-refractivity contribution < 1.29 is 44.1 Å². The van der Waals surface area contributed by atoms with Crippen LogP contribution >= 0.6 is 0 Å². The van der Waals surface area contributed by atoms with Gasteiger partial charge >= 0.3 is 17.9 Å². The molecule has 0 radical (unpaired) electrons. The maximum absolute atomic E-state index is 12.8. The molecule has 1 rings (SSSR count). The quantitative estimate of drug-likeness (QED) is 0.217. The zero-order valence-electron chi connectivity index (χ0n) is 15.7. The summed E-state index contributed by atoms with van der Waals surface area (Å²) < 4.78 is 0. The van der Waals surface area contributed by atoms with E-state index in [-0.39, 0.29) is 13.0 Å². The largest absolute Gasteiger partial charge is 0.481 e. The first-order valence-electron chi connectivity index (χ1n) is 8.77. The van der Waals surface area contributed by atoms with Crippen LogP contribution in [0.15, 0.2) is 0 Å². The fourth-order valence-corrected chi connectivity index (χ4v) is 2.82. The van der Waals surface area contributed by atoms with Gasteiger partial charge in [0.05, 0.1) is 18.9 Å². The van der Waals surface area contributed by atoms with Crippen LogP contribution in [0.3, 0.4) is 0 Å². The molecule has 0 aliphatic carbocycles. The number of carbonyl (C=O) groups excluding carboxylic acids is 3. The summed E-state index contributed by atoms with van der Waals surface area (Å²) in [6, 6.07) is -5.27. The summed E-state index contributed by atoms with van der Waals surface area (Å²) in [5.41, 5.74) is 5.41. The summed E-state index contributed by atoms with van der Waals surface area (Å²) in [4.78, 5) is 71.0. The number of hydrogen-bond acceptors (Lipinski definition) is 7. The second-order valence-corrected chi connectivity index (χ2v) is 6.63. The Morgan fingerprint density at radius 1 is 1.00 bits per heavy atom. The van der Waals surface area contributed by atoms with E-state index in [0.717, 1.165) is 4.90 Å². The van der Waals surface area contributed by atoms with Gasteiger partial charge < -0.3 is 36.6 Å². The summed E-state index contributed by atoms with van der Waals surface area (Å²) in [6.45, 7) is 1.43. The Morgan fingerprint density at radius 2 is 1.55 bits per heavy atom. The first-order chi connectivity index (χ1) is 13.4. The normalized spacial score (nSPS) is 19.0. The molecule has 4 unspecified atom stereocenters. The van der Waals surface area contributed by atoms with Crippen LogP contribution in [0.2, 0.25) is 0 Å². The monoisotopic (exact) mass is 416 g/mol. The van der Waals surface area contributed by atoms with Gasteiger partial charge in [0.2, 0.25) is 17.7 Å². The van der Waals surface area contributed by atoms with Crippen LogP contribution in [-0.2, 0) is 28.8 Å². The topological polar surface area (TPSA) is 216 Å². The van der Waals surface area contributed by atoms with Gasteiger partial charge in [0, 0.05) is 6.54 Å². The molecule has 1 aliphatic heterocycles. The lowest BCUT2D eigenvalue weighted by Gasteiger charge is -2.29. The zero-order chi connectivity index (χ0) is 22.3. The maximum atomic E-state index is 12.8. The van der Waals surface area contributed by atoms with Crippen molar-refractivity contribution in [1.82, 2.24) is 15.5 Å². The van der Waals surface area contributed by atoms with Gasteiger partial charge in [-0.05, 0) is 19.8 Å². The van der Waals surface area contributed by atoms with E-state index in [2.05, 4.69) is 10.6 Å². The molecule has 7 N–H and O–H groups in total. The third-order valence-electron chi connectivity index (χ3n) is 4.24. The first kappa shape index (κ1) is 23.8. The summed E-state index contributed by atoms with van der Waals surface area (Å²) in [5.74, 6) is -6.80. The van der Waals surface area contributed by atoms with Crippen molar-refractivity contribution in [3.63, 3.8) is 0 Å². The molecule has 4 atom stereocenters. The lowest BCUT2D eigenvalue weighted by Crippen LogP contribution is -2.57. The van der Waals surface area contributed by atoms with Crippen molar-refractivity contribution in [2.75, 3.05) is 6.54 Å². The average Bonchev–Trinajstić information content (AvgIpc) is 3.08. The fraction of sp³-hybridized carbons (Fsp3) is 0.625. The highest BCUT2D eigenvalue weighted by molar-refractivity contribution is 5.96. The Bertz CT molecular complexity index is 694. The van der Waals surface area contributed by atoms with E-state index >= 15 is 0 Å². The number of carboxylic acid groups (broad SMARTS) is 3. The van der Waals surface area contributed by atoms with Gasteiger partial charge in [-0.1, -0.05) is 0 Å². The van der Waals surface area contributed by atoms with Gasteiger partial charge in [-0.15, -0.1) is 0 Å². The number of nitrogens with two attached hydrogens (primary N) is 1. The molecule has 0 bridgehead atoms. The Kier molecular flexibility index (Phi) is 8.51. The number of carboxylic acids is 3. The highest BCUT2D eigenvalue weighted by atomic mass is 16.4. The molecule has 13 nitrogen and oxygen atoms in total. The van der Waals surface area contributed by atoms with E-state index in [1.165, 1.54) is 6.92 Å². The molecular formula is C16H24N4O9. The molecule has 29 heavy (non-hydrogen) atoms. The number of rotatable bonds is 10. The van der Waals surface area contributed by atoms with Crippen LogP contribution in [0.25, 0.3) is 0 Å². The minimum atomic E-state index is -1.69. The van der Waals surface area contributed by atoms with Crippen molar-refractivity contribution in [2.24, 2.45) is 5.73 Å². The lowest BCUT2D eigenvalue weighted by molar-refractivity contribution is -0.149. The molecule has 0 spiro atoms. The summed E-state index contributed by atoms with van der Waals surface area (Å²) >= 11 is 0. The van der Waals surface area contributed by atoms with Crippen LogP contribution in [0.5, 0.6) is 0 Å². The Hall–Kier alpha value is -3.22. The molecular weight excluding hydrogens is 392 g/mol. The molecule has 1 heterocycles. The van der Waals surface area contributed by atoms with E-state index in [0.29, 0.717) is 6.42 Å². The second kappa shape index (κ2) is 10.4. The fourth-order valence-electron chi connectivity index (χ4n) is 2.82. The summed E-state index contributed by atoms with van der Waals surface area (Å²) in [5, 5.41) is 31.1. The van der Waals surface area contributed by atoms with Crippen LogP contribution in [0.1, 0.15) is 32.6 Å². The number of amides is 3. The third kappa shape index (κ3) is 7.03. The number of carbonyl (C=O) groups is 6.